The Morgan fingerprint density at radius 3 is 2.77 bits per heavy atom. The summed E-state index contributed by atoms with van der Waals surface area (Å²) in [5, 5.41) is 15.5. The van der Waals surface area contributed by atoms with Gasteiger partial charge in [0.2, 0.25) is 12.3 Å². The van der Waals surface area contributed by atoms with Gasteiger partial charge in [-0.15, -0.1) is 21.5 Å². The van der Waals surface area contributed by atoms with Crippen molar-refractivity contribution in [2.45, 2.75) is 12.5 Å². The molecule has 1 atom stereocenters. The van der Waals surface area contributed by atoms with Gasteiger partial charge in [-0.3, -0.25) is 4.79 Å². The minimum absolute atomic E-state index is 0.141. The SMILES string of the molecule is O=C(COc1ccc(-c2nnco2)cc1)N1N=C(c2cccs2)CC1c1ccco1. The Bertz CT molecular complexity index is 1140. The van der Waals surface area contributed by atoms with Crippen molar-refractivity contribution in [3.8, 4) is 17.2 Å². The molecule has 1 aliphatic heterocycles. The lowest BCUT2D eigenvalue weighted by atomic mass is 10.1. The van der Waals surface area contributed by atoms with Gasteiger partial charge in [-0.25, -0.2) is 5.01 Å². The first-order valence-electron chi connectivity index (χ1n) is 9.24. The van der Waals surface area contributed by atoms with Gasteiger partial charge in [0.15, 0.2) is 6.61 Å². The second kappa shape index (κ2) is 7.96. The zero-order chi connectivity index (χ0) is 20.3. The summed E-state index contributed by atoms with van der Waals surface area (Å²) in [6.45, 7) is -0.141. The number of thiophene rings is 1. The van der Waals surface area contributed by atoms with Crippen LogP contribution in [0.3, 0.4) is 0 Å². The van der Waals surface area contributed by atoms with Crippen LogP contribution >= 0.6 is 11.3 Å². The van der Waals surface area contributed by atoms with E-state index in [0.29, 0.717) is 23.8 Å². The maximum Gasteiger partial charge on any atom is 0.281 e. The van der Waals surface area contributed by atoms with Gasteiger partial charge >= 0.3 is 0 Å². The fraction of sp³-hybridized carbons (Fsp3) is 0.143. The Hall–Kier alpha value is -3.72. The minimum atomic E-state index is -0.284. The molecule has 1 unspecified atom stereocenters. The molecule has 0 saturated heterocycles. The van der Waals surface area contributed by atoms with Crippen molar-refractivity contribution in [3.05, 3.63) is 77.2 Å². The van der Waals surface area contributed by atoms with Crippen molar-refractivity contribution < 1.29 is 18.4 Å². The lowest BCUT2D eigenvalue weighted by Gasteiger charge is -2.20. The number of hydrogen-bond acceptors (Lipinski definition) is 8. The fourth-order valence-electron chi connectivity index (χ4n) is 3.24. The Balaban J connectivity index is 1.30. The zero-order valence-electron chi connectivity index (χ0n) is 15.7. The summed E-state index contributed by atoms with van der Waals surface area (Å²) >= 11 is 1.60. The van der Waals surface area contributed by atoms with E-state index in [1.165, 1.54) is 11.4 Å². The molecule has 8 nitrogen and oxygen atoms in total. The molecule has 0 saturated carbocycles. The Morgan fingerprint density at radius 2 is 2.07 bits per heavy atom. The summed E-state index contributed by atoms with van der Waals surface area (Å²) in [6.07, 6.45) is 3.47. The number of amides is 1. The molecule has 1 aromatic carbocycles. The van der Waals surface area contributed by atoms with Gasteiger partial charge in [-0.2, -0.15) is 5.10 Å². The van der Waals surface area contributed by atoms with E-state index in [-0.39, 0.29) is 18.6 Å². The van der Waals surface area contributed by atoms with Crippen molar-refractivity contribution in [1.82, 2.24) is 15.2 Å². The summed E-state index contributed by atoms with van der Waals surface area (Å²) in [4.78, 5) is 14.0. The average Bonchev–Trinajstić information content (AvgIpc) is 3.58. The first-order valence-corrected chi connectivity index (χ1v) is 10.1. The van der Waals surface area contributed by atoms with Crippen molar-refractivity contribution in [2.75, 3.05) is 6.61 Å². The molecule has 5 rings (SSSR count). The number of hydrazone groups is 1. The number of ether oxygens (including phenoxy) is 1. The van der Waals surface area contributed by atoms with Gasteiger partial charge in [0.1, 0.15) is 17.6 Å². The quantitative estimate of drug-likeness (QED) is 0.465. The van der Waals surface area contributed by atoms with Gasteiger partial charge in [0.05, 0.1) is 16.9 Å². The normalized spacial score (nSPS) is 15.9. The number of hydrogen-bond donors (Lipinski definition) is 0. The van der Waals surface area contributed by atoms with Gasteiger partial charge in [-0.05, 0) is 47.8 Å². The van der Waals surface area contributed by atoms with Crippen LogP contribution in [0.1, 0.15) is 23.1 Å². The van der Waals surface area contributed by atoms with E-state index >= 15 is 0 Å². The molecule has 3 aromatic heterocycles. The number of carbonyl (C=O) groups excluding carboxylic acids is 1. The number of aromatic nitrogens is 2. The number of carbonyl (C=O) groups is 1. The van der Waals surface area contributed by atoms with Crippen LogP contribution in [-0.2, 0) is 4.79 Å². The predicted octanol–water partition coefficient (Wildman–Crippen LogP) is 4.15. The highest BCUT2D eigenvalue weighted by Crippen LogP contribution is 2.34. The van der Waals surface area contributed by atoms with Crippen LogP contribution in [0.5, 0.6) is 5.75 Å². The number of furan rings is 1. The largest absolute Gasteiger partial charge is 0.484 e. The van der Waals surface area contributed by atoms with Gasteiger partial charge in [0.25, 0.3) is 5.91 Å². The van der Waals surface area contributed by atoms with Crippen LogP contribution in [0.4, 0.5) is 0 Å². The lowest BCUT2D eigenvalue weighted by molar-refractivity contribution is -0.135. The standard InChI is InChI=1S/C21H16N4O4S/c26-20(12-28-15-7-5-14(6-8-15)21-23-22-13-29-21)25-17(18-3-1-9-27-18)11-16(24-25)19-4-2-10-30-19/h1-10,13,17H,11-12H2. The molecule has 0 N–H and O–H groups in total. The molecular formula is C21H16N4O4S. The molecule has 0 radical (unpaired) electrons. The van der Waals surface area contributed by atoms with E-state index in [1.807, 2.05) is 29.6 Å². The molecule has 0 aliphatic carbocycles. The third-order valence-corrected chi connectivity index (χ3v) is 5.59. The van der Waals surface area contributed by atoms with Gasteiger partial charge in [-0.1, -0.05) is 6.07 Å². The summed E-state index contributed by atoms with van der Waals surface area (Å²) in [6, 6.07) is 14.4. The van der Waals surface area contributed by atoms with Crippen molar-refractivity contribution in [2.24, 2.45) is 5.10 Å². The van der Waals surface area contributed by atoms with Crippen LogP contribution < -0.4 is 4.74 Å². The van der Waals surface area contributed by atoms with Gasteiger partial charge < -0.3 is 13.6 Å². The van der Waals surface area contributed by atoms with Crippen LogP contribution in [0.25, 0.3) is 11.5 Å². The Kier molecular flexibility index (Phi) is 4.86. The highest BCUT2D eigenvalue weighted by atomic mass is 32.1. The molecule has 9 heteroatoms. The van der Waals surface area contributed by atoms with Crippen LogP contribution in [0.15, 0.2) is 80.5 Å². The molecule has 30 heavy (non-hydrogen) atoms. The summed E-state index contributed by atoms with van der Waals surface area (Å²) < 4.78 is 16.4. The van der Waals surface area contributed by atoms with E-state index in [2.05, 4.69) is 15.3 Å². The van der Waals surface area contributed by atoms with Crippen molar-refractivity contribution in [1.29, 1.82) is 0 Å². The van der Waals surface area contributed by atoms with Crippen molar-refractivity contribution >= 4 is 23.0 Å². The van der Waals surface area contributed by atoms with E-state index in [9.17, 15) is 4.79 Å². The van der Waals surface area contributed by atoms with Gasteiger partial charge in [0, 0.05) is 12.0 Å². The monoisotopic (exact) mass is 420 g/mol. The topological polar surface area (TPSA) is 94.0 Å². The fourth-order valence-corrected chi connectivity index (χ4v) is 3.96. The molecule has 1 amide bonds. The first-order chi connectivity index (χ1) is 14.8. The first kappa shape index (κ1) is 18.3. The smallest absolute Gasteiger partial charge is 0.281 e. The number of nitrogens with zero attached hydrogens (tertiary/aromatic N) is 4. The molecule has 150 valence electrons. The van der Waals surface area contributed by atoms with Crippen molar-refractivity contribution in [3.63, 3.8) is 0 Å². The highest BCUT2D eigenvalue weighted by molar-refractivity contribution is 7.12. The summed E-state index contributed by atoms with van der Waals surface area (Å²) in [5.74, 6) is 1.43. The molecular weight excluding hydrogens is 404 g/mol. The summed E-state index contributed by atoms with van der Waals surface area (Å²) in [5.41, 5.74) is 1.64. The van der Waals surface area contributed by atoms with Crippen LogP contribution in [-0.4, -0.2) is 33.4 Å². The molecule has 0 bridgehead atoms. The minimum Gasteiger partial charge on any atom is -0.484 e. The summed E-state index contributed by atoms with van der Waals surface area (Å²) in [7, 11) is 0. The zero-order valence-corrected chi connectivity index (χ0v) is 16.5. The third-order valence-electron chi connectivity index (χ3n) is 4.67. The van der Waals surface area contributed by atoms with E-state index < -0.39 is 0 Å². The maximum atomic E-state index is 12.9. The molecule has 0 spiro atoms. The van der Waals surface area contributed by atoms with Crippen LogP contribution in [0, 0.1) is 0 Å². The number of rotatable bonds is 6. The van der Waals surface area contributed by atoms with Crippen LogP contribution in [0.2, 0.25) is 0 Å². The molecule has 1 aliphatic rings. The number of benzene rings is 1. The highest BCUT2D eigenvalue weighted by Gasteiger charge is 2.35. The van der Waals surface area contributed by atoms with E-state index in [4.69, 9.17) is 13.6 Å². The Morgan fingerprint density at radius 1 is 1.17 bits per heavy atom. The second-order valence-electron chi connectivity index (χ2n) is 6.55. The van der Waals surface area contributed by atoms with E-state index in [0.717, 1.165) is 16.2 Å². The third kappa shape index (κ3) is 3.62. The van der Waals surface area contributed by atoms with E-state index in [1.54, 1.807) is 41.9 Å². The second-order valence-corrected chi connectivity index (χ2v) is 7.50. The predicted molar refractivity (Wildman–Crippen MR) is 109 cm³/mol. The average molecular weight is 420 g/mol. The maximum absolute atomic E-state index is 12.9. The molecule has 4 aromatic rings. The lowest BCUT2D eigenvalue weighted by Crippen LogP contribution is -2.31. The molecule has 0 fully saturated rings. The molecule has 4 heterocycles. The Labute approximate surface area is 175 Å².